The molecule has 11 nitrogen and oxygen atoms in total. The van der Waals surface area contributed by atoms with E-state index in [4.69, 9.17) is 24.3 Å². The van der Waals surface area contributed by atoms with E-state index in [9.17, 15) is 9.59 Å². The summed E-state index contributed by atoms with van der Waals surface area (Å²) in [5.41, 5.74) is 1.35. The number of fused-ring (bicyclic) bond motifs is 1. The molecule has 0 aliphatic rings. The summed E-state index contributed by atoms with van der Waals surface area (Å²) in [5.74, 6) is 0.316. The Balaban J connectivity index is 2.02. The second-order valence-electron chi connectivity index (χ2n) is 7.56. The first-order chi connectivity index (χ1) is 16.9. The van der Waals surface area contributed by atoms with Crippen molar-refractivity contribution in [3.8, 4) is 5.75 Å². The molecule has 0 bridgehead atoms. The molecule has 0 saturated carbocycles. The van der Waals surface area contributed by atoms with Crippen LogP contribution in [-0.4, -0.2) is 70.3 Å². The number of carbonyl (C=O) groups is 2. The van der Waals surface area contributed by atoms with Crippen molar-refractivity contribution >= 4 is 41.0 Å². The lowest BCUT2D eigenvalue weighted by Crippen LogP contribution is -2.19. The molecule has 2 aromatic heterocycles. The highest BCUT2D eigenvalue weighted by Gasteiger charge is 2.16. The van der Waals surface area contributed by atoms with Crippen LogP contribution in [0.25, 0.3) is 17.0 Å². The quantitative estimate of drug-likeness (QED) is 0.205. The summed E-state index contributed by atoms with van der Waals surface area (Å²) >= 11 is 0. The van der Waals surface area contributed by atoms with Crippen molar-refractivity contribution in [2.24, 2.45) is 4.99 Å². The lowest BCUT2D eigenvalue weighted by Gasteiger charge is -2.19. The number of aliphatic imine (C=N–C) groups is 1. The van der Waals surface area contributed by atoms with Gasteiger partial charge in [0.15, 0.2) is 17.2 Å². The van der Waals surface area contributed by atoms with Gasteiger partial charge in [0, 0.05) is 18.3 Å². The van der Waals surface area contributed by atoms with E-state index in [0.717, 1.165) is 18.7 Å². The highest BCUT2D eigenvalue weighted by atomic mass is 16.6. The molecule has 0 amide bonds. The van der Waals surface area contributed by atoms with Gasteiger partial charge in [0.05, 0.1) is 26.1 Å². The summed E-state index contributed by atoms with van der Waals surface area (Å²) in [6.45, 7) is 8.77. The molecule has 0 aromatic carbocycles. The molecule has 0 spiro atoms. The van der Waals surface area contributed by atoms with Gasteiger partial charge in [-0.2, -0.15) is 0 Å². The van der Waals surface area contributed by atoms with Gasteiger partial charge in [0.25, 0.3) is 0 Å². The van der Waals surface area contributed by atoms with E-state index >= 15 is 0 Å². The van der Waals surface area contributed by atoms with Crippen LogP contribution in [-0.2, 0) is 19.1 Å². The van der Waals surface area contributed by atoms with Gasteiger partial charge in [-0.25, -0.2) is 15.0 Å². The van der Waals surface area contributed by atoms with Crippen LogP contribution in [0.2, 0.25) is 0 Å². The highest BCUT2D eigenvalue weighted by Crippen LogP contribution is 2.29. The first-order valence-electron chi connectivity index (χ1n) is 11.8. The normalized spacial score (nSPS) is 12.0. The van der Waals surface area contributed by atoms with Gasteiger partial charge in [-0.3, -0.25) is 14.2 Å². The van der Waals surface area contributed by atoms with Crippen molar-refractivity contribution in [1.82, 2.24) is 14.5 Å². The van der Waals surface area contributed by atoms with E-state index in [1.54, 1.807) is 12.5 Å². The Labute approximate surface area is 205 Å². The van der Waals surface area contributed by atoms with Crippen LogP contribution in [0.3, 0.4) is 0 Å². The molecule has 0 aliphatic carbocycles. The predicted octanol–water partition coefficient (Wildman–Crippen LogP) is 3.74. The molecule has 0 fully saturated rings. The predicted molar refractivity (Wildman–Crippen MR) is 134 cm³/mol. The highest BCUT2D eigenvalue weighted by molar-refractivity contribution is 5.81. The number of anilines is 1. The molecule has 0 saturated heterocycles. The van der Waals surface area contributed by atoms with E-state index in [1.165, 1.54) is 0 Å². The van der Waals surface area contributed by atoms with E-state index in [-0.39, 0.29) is 45.3 Å². The largest absolute Gasteiger partial charge is 0.487 e. The number of carboxylic acid groups (broad SMARTS) is 1. The number of nitrogens with zero attached hydrogens (tertiary/aromatic N) is 4. The summed E-state index contributed by atoms with van der Waals surface area (Å²) in [6.07, 6.45) is 6.76. The van der Waals surface area contributed by atoms with Gasteiger partial charge in [-0.1, -0.05) is 13.8 Å². The van der Waals surface area contributed by atoms with E-state index < -0.39 is 11.9 Å². The molecular weight excluding hydrogens is 454 g/mol. The minimum Gasteiger partial charge on any atom is -0.487 e. The number of aromatic nitrogens is 3. The second-order valence-corrected chi connectivity index (χ2v) is 7.56. The third kappa shape index (κ3) is 8.67. The summed E-state index contributed by atoms with van der Waals surface area (Å²) < 4.78 is 18.2. The monoisotopic (exact) mass is 489 g/mol. The number of nitrogens with one attached hydrogen (secondary N) is 1. The standard InChI is InChI=1S/C24H35N5O6/c1-5-17(6-2)27-23-19(34-13-11-33-12-14-35-22(32)10-9-21(30)31)15-18-24(28-23)29(16-26-18)20(7-3)25-8-4/h7-8,15-17H,5-6,9-14H2,1-4H3,(H,27,28)(H,30,31)/b20-7+,25-8-. The van der Waals surface area contributed by atoms with Crippen molar-refractivity contribution < 1.29 is 28.9 Å². The van der Waals surface area contributed by atoms with Crippen molar-refractivity contribution in [3.63, 3.8) is 0 Å². The molecule has 192 valence electrons. The van der Waals surface area contributed by atoms with Crippen molar-refractivity contribution in [2.75, 3.05) is 31.7 Å². The van der Waals surface area contributed by atoms with Crippen LogP contribution in [0, 0.1) is 0 Å². The van der Waals surface area contributed by atoms with Crippen LogP contribution in [0.4, 0.5) is 5.82 Å². The van der Waals surface area contributed by atoms with Crippen molar-refractivity contribution in [3.05, 3.63) is 18.5 Å². The summed E-state index contributed by atoms with van der Waals surface area (Å²) in [5, 5.41) is 12.0. The zero-order chi connectivity index (χ0) is 25.6. The Morgan fingerprint density at radius 2 is 1.91 bits per heavy atom. The number of imidazole rings is 1. The van der Waals surface area contributed by atoms with Crippen LogP contribution < -0.4 is 10.1 Å². The number of carbonyl (C=O) groups excluding carboxylic acids is 1. The first-order valence-corrected chi connectivity index (χ1v) is 11.8. The van der Waals surface area contributed by atoms with Gasteiger partial charge in [-0.15, -0.1) is 0 Å². The van der Waals surface area contributed by atoms with Gasteiger partial charge in [0.1, 0.15) is 30.9 Å². The molecule has 2 N–H and O–H groups in total. The summed E-state index contributed by atoms with van der Waals surface area (Å²) in [7, 11) is 0. The maximum absolute atomic E-state index is 11.4. The van der Waals surface area contributed by atoms with Crippen molar-refractivity contribution in [2.45, 2.75) is 59.4 Å². The van der Waals surface area contributed by atoms with Crippen molar-refractivity contribution in [1.29, 1.82) is 0 Å². The number of rotatable bonds is 16. The van der Waals surface area contributed by atoms with Gasteiger partial charge in [0.2, 0.25) is 0 Å². The molecule has 35 heavy (non-hydrogen) atoms. The van der Waals surface area contributed by atoms with E-state index in [0.29, 0.717) is 22.7 Å². The van der Waals surface area contributed by atoms with Crippen LogP contribution in [0.5, 0.6) is 5.75 Å². The van der Waals surface area contributed by atoms with Crippen LogP contribution in [0.1, 0.15) is 53.4 Å². The minimum absolute atomic E-state index is 0.0540. The van der Waals surface area contributed by atoms with Gasteiger partial charge in [-0.05, 0) is 32.8 Å². The van der Waals surface area contributed by atoms with Crippen LogP contribution >= 0.6 is 0 Å². The Morgan fingerprint density at radius 1 is 1.17 bits per heavy atom. The fourth-order valence-electron chi connectivity index (χ4n) is 3.21. The molecule has 2 rings (SSSR count). The first kappa shape index (κ1) is 27.8. The minimum atomic E-state index is -1.04. The number of esters is 1. The third-order valence-corrected chi connectivity index (χ3v) is 5.10. The Morgan fingerprint density at radius 3 is 2.57 bits per heavy atom. The van der Waals surface area contributed by atoms with E-state index in [2.05, 4.69) is 29.1 Å². The Kier molecular flexibility index (Phi) is 11.7. The maximum atomic E-state index is 11.4. The molecule has 0 atom stereocenters. The lowest BCUT2D eigenvalue weighted by atomic mass is 10.2. The summed E-state index contributed by atoms with van der Waals surface area (Å²) in [4.78, 5) is 35.5. The smallest absolute Gasteiger partial charge is 0.306 e. The average molecular weight is 490 g/mol. The average Bonchev–Trinajstić information content (AvgIpc) is 3.26. The molecule has 11 heteroatoms. The number of allylic oxidation sites excluding steroid dienone is 1. The second kappa shape index (κ2) is 14.7. The molecule has 2 heterocycles. The molecule has 0 unspecified atom stereocenters. The lowest BCUT2D eigenvalue weighted by molar-refractivity contribution is -0.148. The molecule has 0 radical (unpaired) electrons. The number of hydrogen-bond donors (Lipinski definition) is 2. The van der Waals surface area contributed by atoms with Gasteiger partial charge < -0.3 is 24.6 Å². The fourth-order valence-corrected chi connectivity index (χ4v) is 3.21. The number of pyridine rings is 1. The number of aliphatic carboxylic acids is 1. The summed E-state index contributed by atoms with van der Waals surface area (Å²) in [6, 6.07) is 2.08. The van der Waals surface area contributed by atoms with E-state index in [1.807, 2.05) is 30.6 Å². The Hall–Kier alpha value is -3.47. The van der Waals surface area contributed by atoms with Gasteiger partial charge >= 0.3 is 11.9 Å². The number of carboxylic acids is 1. The SMILES string of the molecule is C/C=N\C(=C/C)n1cnc2cc(OCCOCCOC(=O)CCC(=O)O)c(NC(CC)CC)nc21. The molecule has 2 aromatic rings. The third-order valence-electron chi connectivity index (χ3n) is 5.10. The Bertz CT molecular complexity index is 1030. The molecular formula is C24H35N5O6. The number of ether oxygens (including phenoxy) is 3. The van der Waals surface area contributed by atoms with Crippen LogP contribution in [0.15, 0.2) is 23.5 Å². The fraction of sp³-hybridized carbons (Fsp3) is 0.542. The number of hydrogen-bond acceptors (Lipinski definition) is 9. The topological polar surface area (TPSA) is 137 Å². The maximum Gasteiger partial charge on any atom is 0.306 e. The zero-order valence-corrected chi connectivity index (χ0v) is 20.8. The molecule has 0 aliphatic heterocycles. The zero-order valence-electron chi connectivity index (χ0n) is 20.8.